The molecule has 0 spiro atoms. The van der Waals surface area contributed by atoms with Crippen LogP contribution in [0.1, 0.15) is 44.2 Å². The Morgan fingerprint density at radius 3 is 2.50 bits per heavy atom. The first-order valence-corrected chi connectivity index (χ1v) is 10.3. The molecule has 0 aliphatic heterocycles. The first kappa shape index (κ1) is 21.6. The summed E-state index contributed by atoms with van der Waals surface area (Å²) < 4.78 is 10.5. The molecular formula is C26H28O4. The Kier molecular flexibility index (Phi) is 6.88. The van der Waals surface area contributed by atoms with Gasteiger partial charge >= 0.3 is 11.9 Å². The Hall–Kier alpha value is -3.14. The molecule has 0 unspecified atom stereocenters. The summed E-state index contributed by atoms with van der Waals surface area (Å²) in [6.07, 6.45) is 7.03. The number of rotatable bonds is 8. The molecule has 2 aromatic rings. The van der Waals surface area contributed by atoms with Crippen molar-refractivity contribution in [2.24, 2.45) is 0 Å². The number of carbonyl (C=O) groups excluding carboxylic acids is 2. The summed E-state index contributed by atoms with van der Waals surface area (Å²) in [6, 6.07) is 10.0. The van der Waals surface area contributed by atoms with Crippen molar-refractivity contribution in [2.45, 2.75) is 46.0 Å². The molecule has 0 aromatic heterocycles. The van der Waals surface area contributed by atoms with Gasteiger partial charge in [0.05, 0.1) is 6.61 Å². The van der Waals surface area contributed by atoms with Gasteiger partial charge in [0.15, 0.2) is 0 Å². The van der Waals surface area contributed by atoms with Gasteiger partial charge in [0.1, 0.15) is 5.75 Å². The Labute approximate surface area is 177 Å². The highest BCUT2D eigenvalue weighted by molar-refractivity contribution is 5.92. The number of ether oxygens (including phenoxy) is 2. The van der Waals surface area contributed by atoms with E-state index < -0.39 is 5.97 Å². The summed E-state index contributed by atoms with van der Waals surface area (Å²) in [6.45, 7) is 10.9. The number of hydrogen-bond acceptors (Lipinski definition) is 4. The summed E-state index contributed by atoms with van der Waals surface area (Å²) >= 11 is 0. The molecule has 0 bridgehead atoms. The summed E-state index contributed by atoms with van der Waals surface area (Å²) in [5.41, 5.74) is 4.94. The lowest BCUT2D eigenvalue weighted by molar-refractivity contribution is -0.139. The topological polar surface area (TPSA) is 52.6 Å². The Bertz CT molecular complexity index is 1040. The van der Waals surface area contributed by atoms with Crippen molar-refractivity contribution in [3.8, 4) is 5.75 Å². The number of hydrogen-bond donors (Lipinski definition) is 0. The SMILES string of the molecule is C=C(C)C(=O)OCCCCC1=CCc2c(ccc3cc(OC(=O)C(=C)C)ccc23)C1. The van der Waals surface area contributed by atoms with Crippen molar-refractivity contribution < 1.29 is 19.1 Å². The second-order valence-electron chi connectivity index (χ2n) is 7.87. The summed E-state index contributed by atoms with van der Waals surface area (Å²) in [5.74, 6) is -0.186. The molecule has 0 heterocycles. The molecule has 4 nitrogen and oxygen atoms in total. The summed E-state index contributed by atoms with van der Waals surface area (Å²) in [7, 11) is 0. The number of fused-ring (bicyclic) bond motifs is 3. The second kappa shape index (κ2) is 9.57. The van der Waals surface area contributed by atoms with Crippen LogP contribution in [0.3, 0.4) is 0 Å². The number of carbonyl (C=O) groups is 2. The zero-order valence-electron chi connectivity index (χ0n) is 17.8. The smallest absolute Gasteiger partial charge is 0.338 e. The Morgan fingerprint density at radius 2 is 1.77 bits per heavy atom. The van der Waals surface area contributed by atoms with Gasteiger partial charge in [-0.15, -0.1) is 0 Å². The van der Waals surface area contributed by atoms with Crippen molar-refractivity contribution in [1.82, 2.24) is 0 Å². The van der Waals surface area contributed by atoms with Crippen LogP contribution in [0.25, 0.3) is 10.8 Å². The molecular weight excluding hydrogens is 376 g/mol. The van der Waals surface area contributed by atoms with E-state index in [4.69, 9.17) is 9.47 Å². The summed E-state index contributed by atoms with van der Waals surface area (Å²) in [4.78, 5) is 23.1. The van der Waals surface area contributed by atoms with Crippen LogP contribution in [0, 0.1) is 0 Å². The monoisotopic (exact) mass is 404 g/mol. The molecule has 0 fully saturated rings. The molecule has 0 radical (unpaired) electrons. The van der Waals surface area contributed by atoms with Gasteiger partial charge in [0.25, 0.3) is 0 Å². The minimum absolute atomic E-state index is 0.315. The first-order valence-electron chi connectivity index (χ1n) is 10.3. The van der Waals surface area contributed by atoms with E-state index in [9.17, 15) is 9.59 Å². The zero-order chi connectivity index (χ0) is 21.7. The molecule has 0 saturated heterocycles. The average Bonchev–Trinajstić information content (AvgIpc) is 2.72. The molecule has 30 heavy (non-hydrogen) atoms. The van der Waals surface area contributed by atoms with E-state index in [1.54, 1.807) is 13.8 Å². The molecule has 2 aromatic carbocycles. The van der Waals surface area contributed by atoms with Gasteiger partial charge in [-0.25, -0.2) is 9.59 Å². The minimum atomic E-state index is -0.408. The van der Waals surface area contributed by atoms with E-state index >= 15 is 0 Å². The molecule has 0 amide bonds. The van der Waals surface area contributed by atoms with Gasteiger partial charge in [0.2, 0.25) is 0 Å². The van der Waals surface area contributed by atoms with Gasteiger partial charge < -0.3 is 9.47 Å². The molecule has 1 aliphatic rings. The highest BCUT2D eigenvalue weighted by Gasteiger charge is 2.15. The third-order valence-electron chi connectivity index (χ3n) is 5.25. The van der Waals surface area contributed by atoms with Crippen LogP contribution in [0.15, 0.2) is 66.3 Å². The van der Waals surface area contributed by atoms with Crippen LogP contribution in [-0.4, -0.2) is 18.5 Å². The van der Waals surface area contributed by atoms with E-state index in [2.05, 4.69) is 31.4 Å². The normalized spacial score (nSPS) is 12.7. The Morgan fingerprint density at radius 1 is 1.00 bits per heavy atom. The van der Waals surface area contributed by atoms with Crippen molar-refractivity contribution >= 4 is 22.7 Å². The molecule has 4 heteroatoms. The van der Waals surface area contributed by atoms with Crippen LogP contribution in [-0.2, 0) is 27.2 Å². The molecule has 1 aliphatic carbocycles. The van der Waals surface area contributed by atoms with Crippen molar-refractivity contribution in [1.29, 1.82) is 0 Å². The van der Waals surface area contributed by atoms with E-state index in [-0.39, 0.29) is 5.97 Å². The van der Waals surface area contributed by atoms with E-state index in [0.717, 1.165) is 37.5 Å². The van der Waals surface area contributed by atoms with Crippen molar-refractivity contribution in [2.75, 3.05) is 6.61 Å². The zero-order valence-corrected chi connectivity index (χ0v) is 17.8. The maximum absolute atomic E-state index is 11.7. The third kappa shape index (κ3) is 5.26. The van der Waals surface area contributed by atoms with Crippen LogP contribution in [0.4, 0.5) is 0 Å². The Balaban J connectivity index is 1.60. The van der Waals surface area contributed by atoms with E-state index in [0.29, 0.717) is 23.5 Å². The van der Waals surface area contributed by atoms with Gasteiger partial charge in [-0.05, 0) is 80.0 Å². The number of esters is 2. The van der Waals surface area contributed by atoms with Gasteiger partial charge in [0, 0.05) is 11.1 Å². The van der Waals surface area contributed by atoms with Gasteiger partial charge in [-0.2, -0.15) is 0 Å². The fourth-order valence-corrected chi connectivity index (χ4v) is 3.58. The molecule has 3 rings (SSSR count). The lowest BCUT2D eigenvalue weighted by Crippen LogP contribution is -2.08. The number of benzene rings is 2. The van der Waals surface area contributed by atoms with Crippen LogP contribution >= 0.6 is 0 Å². The fraction of sp³-hybridized carbons (Fsp3) is 0.308. The minimum Gasteiger partial charge on any atom is -0.462 e. The highest BCUT2D eigenvalue weighted by Crippen LogP contribution is 2.32. The first-order chi connectivity index (χ1) is 14.3. The maximum atomic E-state index is 11.7. The van der Waals surface area contributed by atoms with E-state index in [1.807, 2.05) is 18.2 Å². The lowest BCUT2D eigenvalue weighted by Gasteiger charge is -2.19. The standard InChI is InChI=1S/C26H28O4/c1-17(2)25(27)29-14-6-5-7-19-8-12-23-20(15-19)9-10-21-16-22(11-13-24(21)23)30-26(28)18(3)4/h8-11,13,16H,1,3,5-7,12,14-15H2,2,4H3. The summed E-state index contributed by atoms with van der Waals surface area (Å²) in [5, 5.41) is 2.27. The largest absolute Gasteiger partial charge is 0.462 e. The second-order valence-corrected chi connectivity index (χ2v) is 7.87. The highest BCUT2D eigenvalue weighted by atomic mass is 16.5. The molecule has 0 saturated carbocycles. The van der Waals surface area contributed by atoms with Gasteiger partial charge in [-0.3, -0.25) is 0 Å². The molecule has 0 atom stereocenters. The average molecular weight is 405 g/mol. The van der Waals surface area contributed by atoms with Crippen LogP contribution < -0.4 is 4.74 Å². The lowest BCUT2D eigenvalue weighted by atomic mass is 9.86. The third-order valence-corrected chi connectivity index (χ3v) is 5.25. The van der Waals surface area contributed by atoms with Crippen LogP contribution in [0.5, 0.6) is 5.75 Å². The van der Waals surface area contributed by atoms with Crippen molar-refractivity contribution in [3.05, 3.63) is 77.4 Å². The predicted molar refractivity (Wildman–Crippen MR) is 120 cm³/mol. The van der Waals surface area contributed by atoms with Crippen molar-refractivity contribution in [3.63, 3.8) is 0 Å². The number of allylic oxidation sites excluding steroid dienone is 2. The predicted octanol–water partition coefficient (Wildman–Crippen LogP) is 5.64. The maximum Gasteiger partial charge on any atom is 0.338 e. The number of unbranched alkanes of at least 4 members (excludes halogenated alkanes) is 1. The quantitative estimate of drug-likeness (QED) is 0.188. The van der Waals surface area contributed by atoms with Crippen LogP contribution in [0.2, 0.25) is 0 Å². The molecule has 0 N–H and O–H groups in total. The van der Waals surface area contributed by atoms with E-state index in [1.165, 1.54) is 22.1 Å². The molecule has 156 valence electrons. The fourth-order valence-electron chi connectivity index (χ4n) is 3.58. The van der Waals surface area contributed by atoms with Gasteiger partial charge in [-0.1, -0.05) is 43.0 Å².